The Bertz CT molecular complexity index is 681. The highest BCUT2D eigenvalue weighted by Gasteiger charge is 2.33. The van der Waals surface area contributed by atoms with Gasteiger partial charge in [-0.05, 0) is 19.9 Å². The van der Waals surface area contributed by atoms with Crippen molar-refractivity contribution in [2.45, 2.75) is 26.5 Å². The third-order valence-electron chi connectivity index (χ3n) is 4.68. The van der Waals surface area contributed by atoms with Crippen molar-refractivity contribution < 1.29 is 17.9 Å². The molecule has 0 saturated carbocycles. The quantitative estimate of drug-likeness (QED) is 0.738. The van der Waals surface area contributed by atoms with E-state index in [1.54, 1.807) is 4.31 Å². The van der Waals surface area contributed by atoms with Crippen LogP contribution in [0.5, 0.6) is 5.75 Å². The summed E-state index contributed by atoms with van der Waals surface area (Å²) in [5, 5.41) is 0. The van der Waals surface area contributed by atoms with Crippen LogP contribution in [-0.2, 0) is 21.5 Å². The number of ether oxygens (including phenoxy) is 2. The SMILES string of the molecule is CC(C)Oc1ccccc1CN1CCN(S(=O)(=O)N2CCOCC2)CC1. The summed E-state index contributed by atoms with van der Waals surface area (Å²) < 4.78 is 39.8. The maximum absolute atomic E-state index is 12.7. The molecule has 0 N–H and O–H groups in total. The number of hydrogen-bond acceptors (Lipinski definition) is 5. The second kappa shape index (κ2) is 8.67. The van der Waals surface area contributed by atoms with Crippen LogP contribution in [0.15, 0.2) is 24.3 Å². The van der Waals surface area contributed by atoms with Crippen molar-refractivity contribution in [2.75, 3.05) is 52.5 Å². The number of para-hydroxylation sites is 1. The molecule has 26 heavy (non-hydrogen) atoms. The van der Waals surface area contributed by atoms with E-state index in [-0.39, 0.29) is 6.10 Å². The van der Waals surface area contributed by atoms with Crippen LogP contribution in [0.1, 0.15) is 19.4 Å². The van der Waals surface area contributed by atoms with Crippen molar-refractivity contribution in [2.24, 2.45) is 0 Å². The van der Waals surface area contributed by atoms with E-state index in [4.69, 9.17) is 9.47 Å². The molecule has 2 heterocycles. The fourth-order valence-electron chi connectivity index (χ4n) is 3.30. The van der Waals surface area contributed by atoms with Crippen LogP contribution in [0.2, 0.25) is 0 Å². The maximum atomic E-state index is 12.7. The molecule has 0 aromatic heterocycles. The third-order valence-corrected chi connectivity index (χ3v) is 6.72. The van der Waals surface area contributed by atoms with E-state index >= 15 is 0 Å². The molecule has 0 bridgehead atoms. The Hall–Kier alpha value is -1.19. The number of nitrogens with zero attached hydrogens (tertiary/aromatic N) is 3. The molecule has 0 atom stereocenters. The van der Waals surface area contributed by atoms with Gasteiger partial charge in [0, 0.05) is 51.4 Å². The topological polar surface area (TPSA) is 62.3 Å². The molecule has 8 heteroatoms. The molecule has 1 aromatic rings. The van der Waals surface area contributed by atoms with Crippen molar-refractivity contribution >= 4 is 10.2 Å². The van der Waals surface area contributed by atoms with Crippen LogP contribution in [0.3, 0.4) is 0 Å². The number of benzene rings is 1. The van der Waals surface area contributed by atoms with E-state index in [9.17, 15) is 8.42 Å². The largest absolute Gasteiger partial charge is 0.491 e. The Kier molecular flexibility index (Phi) is 6.52. The highest BCUT2D eigenvalue weighted by molar-refractivity contribution is 7.86. The van der Waals surface area contributed by atoms with Crippen LogP contribution < -0.4 is 4.74 Å². The summed E-state index contributed by atoms with van der Waals surface area (Å²) in [6.45, 7) is 9.15. The first-order valence-electron chi connectivity index (χ1n) is 9.26. The molecule has 2 saturated heterocycles. The summed E-state index contributed by atoms with van der Waals surface area (Å²) in [7, 11) is -3.37. The Morgan fingerprint density at radius 1 is 1.00 bits per heavy atom. The normalized spacial score (nSPS) is 21.2. The van der Waals surface area contributed by atoms with Gasteiger partial charge in [-0.2, -0.15) is 17.0 Å². The van der Waals surface area contributed by atoms with Crippen LogP contribution >= 0.6 is 0 Å². The zero-order valence-corrected chi connectivity index (χ0v) is 16.5. The lowest BCUT2D eigenvalue weighted by Gasteiger charge is -2.37. The van der Waals surface area contributed by atoms with Gasteiger partial charge < -0.3 is 9.47 Å². The third kappa shape index (κ3) is 4.75. The monoisotopic (exact) mass is 383 g/mol. The molecule has 2 aliphatic heterocycles. The Labute approximate surface area is 156 Å². The molecule has 0 spiro atoms. The molecule has 3 rings (SSSR count). The van der Waals surface area contributed by atoms with Gasteiger partial charge >= 0.3 is 0 Å². The van der Waals surface area contributed by atoms with Gasteiger partial charge in [-0.25, -0.2) is 0 Å². The van der Waals surface area contributed by atoms with Gasteiger partial charge in [-0.3, -0.25) is 4.90 Å². The molecule has 1 aromatic carbocycles. The smallest absolute Gasteiger partial charge is 0.282 e. The maximum Gasteiger partial charge on any atom is 0.282 e. The van der Waals surface area contributed by atoms with E-state index in [1.807, 2.05) is 32.0 Å². The average Bonchev–Trinajstić information content (AvgIpc) is 2.64. The highest BCUT2D eigenvalue weighted by atomic mass is 32.2. The Morgan fingerprint density at radius 2 is 1.62 bits per heavy atom. The molecular weight excluding hydrogens is 354 g/mol. The molecule has 146 valence electrons. The van der Waals surface area contributed by atoms with E-state index in [0.717, 1.165) is 30.9 Å². The van der Waals surface area contributed by atoms with Gasteiger partial charge in [0.05, 0.1) is 19.3 Å². The van der Waals surface area contributed by atoms with Crippen molar-refractivity contribution in [1.82, 2.24) is 13.5 Å². The fourth-order valence-corrected chi connectivity index (χ4v) is 4.87. The van der Waals surface area contributed by atoms with E-state index < -0.39 is 10.2 Å². The number of rotatable bonds is 6. The van der Waals surface area contributed by atoms with Crippen molar-refractivity contribution in [3.63, 3.8) is 0 Å². The zero-order valence-electron chi connectivity index (χ0n) is 15.6. The molecule has 2 fully saturated rings. The molecule has 0 aliphatic carbocycles. The highest BCUT2D eigenvalue weighted by Crippen LogP contribution is 2.22. The molecular formula is C18H29N3O4S. The fraction of sp³-hybridized carbons (Fsp3) is 0.667. The second-order valence-electron chi connectivity index (χ2n) is 6.97. The first kappa shape index (κ1) is 19.6. The Morgan fingerprint density at radius 3 is 2.27 bits per heavy atom. The van der Waals surface area contributed by atoms with Crippen LogP contribution in [0.25, 0.3) is 0 Å². The van der Waals surface area contributed by atoms with E-state index in [2.05, 4.69) is 11.0 Å². The standard InChI is InChI=1S/C18H29N3O4S/c1-16(2)25-18-6-4-3-5-17(18)15-19-7-9-20(10-8-19)26(22,23)21-11-13-24-14-12-21/h3-6,16H,7-15H2,1-2H3. The number of piperazine rings is 1. The average molecular weight is 384 g/mol. The van der Waals surface area contributed by atoms with Crippen LogP contribution in [0, 0.1) is 0 Å². The predicted molar refractivity (Wildman–Crippen MR) is 100 cm³/mol. The lowest BCUT2D eigenvalue weighted by molar-refractivity contribution is 0.0683. The van der Waals surface area contributed by atoms with Crippen LogP contribution in [-0.4, -0.2) is 80.5 Å². The second-order valence-corrected chi connectivity index (χ2v) is 8.90. The summed E-state index contributed by atoms with van der Waals surface area (Å²) >= 11 is 0. The minimum absolute atomic E-state index is 0.131. The van der Waals surface area contributed by atoms with Crippen molar-refractivity contribution in [3.05, 3.63) is 29.8 Å². The van der Waals surface area contributed by atoms with Crippen LogP contribution in [0.4, 0.5) is 0 Å². The summed E-state index contributed by atoms with van der Waals surface area (Å²) in [6, 6.07) is 8.07. The number of hydrogen-bond donors (Lipinski definition) is 0. The lowest BCUT2D eigenvalue weighted by Crippen LogP contribution is -2.54. The van der Waals surface area contributed by atoms with Gasteiger partial charge in [0.25, 0.3) is 10.2 Å². The van der Waals surface area contributed by atoms with Crippen molar-refractivity contribution in [1.29, 1.82) is 0 Å². The first-order valence-corrected chi connectivity index (χ1v) is 10.7. The summed E-state index contributed by atoms with van der Waals surface area (Å²) in [6.07, 6.45) is 0.131. The predicted octanol–water partition coefficient (Wildman–Crippen LogP) is 1.17. The lowest BCUT2D eigenvalue weighted by atomic mass is 10.1. The van der Waals surface area contributed by atoms with Gasteiger partial charge in [0.15, 0.2) is 0 Å². The van der Waals surface area contributed by atoms with Crippen molar-refractivity contribution in [3.8, 4) is 5.75 Å². The van der Waals surface area contributed by atoms with Gasteiger partial charge in [-0.15, -0.1) is 0 Å². The molecule has 0 amide bonds. The summed E-state index contributed by atoms with van der Waals surface area (Å²) in [4.78, 5) is 2.29. The molecule has 2 aliphatic rings. The minimum atomic E-state index is -3.37. The minimum Gasteiger partial charge on any atom is -0.491 e. The first-order chi connectivity index (χ1) is 12.5. The summed E-state index contributed by atoms with van der Waals surface area (Å²) in [5.74, 6) is 0.908. The number of morpholine rings is 1. The van der Waals surface area contributed by atoms with Gasteiger partial charge in [-0.1, -0.05) is 18.2 Å². The van der Waals surface area contributed by atoms with E-state index in [0.29, 0.717) is 39.4 Å². The van der Waals surface area contributed by atoms with Gasteiger partial charge in [0.1, 0.15) is 5.75 Å². The van der Waals surface area contributed by atoms with Gasteiger partial charge in [0.2, 0.25) is 0 Å². The van der Waals surface area contributed by atoms with E-state index in [1.165, 1.54) is 4.31 Å². The molecule has 0 unspecified atom stereocenters. The molecule has 0 radical (unpaired) electrons. The summed E-state index contributed by atoms with van der Waals surface area (Å²) in [5.41, 5.74) is 1.14. The zero-order chi connectivity index (χ0) is 18.6. The Balaban J connectivity index is 1.57. The molecule has 7 nitrogen and oxygen atoms in total.